The Morgan fingerprint density at radius 2 is 1.86 bits per heavy atom. The van der Waals surface area contributed by atoms with E-state index >= 15 is 0 Å². The minimum Gasteiger partial charge on any atom is -0.507 e. The summed E-state index contributed by atoms with van der Waals surface area (Å²) < 4.78 is 10.7. The fraction of sp³-hybridized carbons (Fsp3) is 0.261. The van der Waals surface area contributed by atoms with Crippen LogP contribution in [0.25, 0.3) is 10.8 Å². The van der Waals surface area contributed by atoms with Gasteiger partial charge in [0.2, 0.25) is 0 Å². The summed E-state index contributed by atoms with van der Waals surface area (Å²) in [6.07, 6.45) is 0. The molecule has 3 aromatic carbocycles. The van der Waals surface area contributed by atoms with Crippen LogP contribution in [-0.2, 0) is 11.3 Å². The van der Waals surface area contributed by atoms with Gasteiger partial charge in [-0.1, -0.05) is 36.4 Å². The second-order valence-electron chi connectivity index (χ2n) is 7.02. The second kappa shape index (κ2) is 8.51. The van der Waals surface area contributed by atoms with E-state index in [2.05, 4.69) is 10.2 Å². The molecule has 0 aliphatic carbocycles. The van der Waals surface area contributed by atoms with Crippen molar-refractivity contribution in [3.8, 4) is 11.5 Å². The van der Waals surface area contributed by atoms with Crippen molar-refractivity contribution in [1.82, 2.24) is 4.90 Å². The molecule has 0 saturated carbocycles. The predicted molar refractivity (Wildman–Crippen MR) is 113 cm³/mol. The van der Waals surface area contributed by atoms with E-state index in [4.69, 9.17) is 9.47 Å². The van der Waals surface area contributed by atoms with E-state index in [-0.39, 0.29) is 17.2 Å². The summed E-state index contributed by atoms with van der Waals surface area (Å²) >= 11 is 0. The zero-order chi connectivity index (χ0) is 20.2. The molecule has 1 aliphatic heterocycles. The SMILES string of the molecule is COc1ccccc1NC(=O)c1cc2ccccc2c(CN2CCOCC2)c1O. The van der Waals surface area contributed by atoms with Gasteiger partial charge in [-0.25, -0.2) is 0 Å². The lowest BCUT2D eigenvalue weighted by Gasteiger charge is -2.27. The third kappa shape index (κ3) is 4.04. The highest BCUT2D eigenvalue weighted by molar-refractivity contribution is 6.10. The number of phenolic OH excluding ortho intramolecular Hbond substituents is 1. The number of amides is 1. The summed E-state index contributed by atoms with van der Waals surface area (Å²) in [5.74, 6) is 0.207. The lowest BCUT2D eigenvalue weighted by atomic mass is 9.98. The van der Waals surface area contributed by atoms with Gasteiger partial charge >= 0.3 is 0 Å². The van der Waals surface area contributed by atoms with Crippen molar-refractivity contribution in [1.29, 1.82) is 0 Å². The molecule has 6 nitrogen and oxygen atoms in total. The first-order chi connectivity index (χ1) is 14.2. The van der Waals surface area contributed by atoms with Crippen LogP contribution in [0.3, 0.4) is 0 Å². The third-order valence-corrected chi connectivity index (χ3v) is 5.21. The summed E-state index contributed by atoms with van der Waals surface area (Å²) in [5, 5.41) is 15.8. The van der Waals surface area contributed by atoms with E-state index in [9.17, 15) is 9.90 Å². The summed E-state index contributed by atoms with van der Waals surface area (Å²) in [6, 6.07) is 16.7. The van der Waals surface area contributed by atoms with Gasteiger partial charge in [0.1, 0.15) is 11.5 Å². The van der Waals surface area contributed by atoms with Crippen molar-refractivity contribution in [2.24, 2.45) is 0 Å². The van der Waals surface area contributed by atoms with Crippen LogP contribution in [0, 0.1) is 0 Å². The third-order valence-electron chi connectivity index (χ3n) is 5.21. The molecule has 1 aliphatic rings. The number of ether oxygens (including phenoxy) is 2. The number of benzene rings is 3. The number of para-hydroxylation sites is 2. The van der Waals surface area contributed by atoms with Crippen LogP contribution in [0.1, 0.15) is 15.9 Å². The van der Waals surface area contributed by atoms with Crippen molar-refractivity contribution in [3.05, 3.63) is 65.7 Å². The lowest BCUT2D eigenvalue weighted by Crippen LogP contribution is -2.35. The van der Waals surface area contributed by atoms with Crippen LogP contribution >= 0.6 is 0 Å². The highest BCUT2D eigenvalue weighted by Crippen LogP contribution is 2.34. The first-order valence-corrected chi connectivity index (χ1v) is 9.65. The Bertz CT molecular complexity index is 1030. The number of rotatable bonds is 5. The second-order valence-corrected chi connectivity index (χ2v) is 7.02. The summed E-state index contributed by atoms with van der Waals surface area (Å²) in [5.41, 5.74) is 1.57. The quantitative estimate of drug-likeness (QED) is 0.694. The highest BCUT2D eigenvalue weighted by Gasteiger charge is 2.21. The lowest BCUT2D eigenvalue weighted by molar-refractivity contribution is 0.0340. The molecule has 0 atom stereocenters. The zero-order valence-electron chi connectivity index (χ0n) is 16.4. The van der Waals surface area contributed by atoms with E-state index in [1.165, 1.54) is 0 Å². The number of fused-ring (bicyclic) bond motifs is 1. The van der Waals surface area contributed by atoms with Gasteiger partial charge in [-0.2, -0.15) is 0 Å². The van der Waals surface area contributed by atoms with Gasteiger partial charge in [0.25, 0.3) is 5.91 Å². The summed E-state index contributed by atoms with van der Waals surface area (Å²) in [7, 11) is 1.55. The van der Waals surface area contributed by atoms with E-state index in [0.717, 1.165) is 29.4 Å². The molecule has 3 aromatic rings. The Hall–Kier alpha value is -3.09. The van der Waals surface area contributed by atoms with Crippen LogP contribution in [-0.4, -0.2) is 49.3 Å². The molecule has 1 fully saturated rings. The zero-order valence-corrected chi connectivity index (χ0v) is 16.4. The largest absolute Gasteiger partial charge is 0.507 e. The molecule has 6 heteroatoms. The number of anilines is 1. The van der Waals surface area contributed by atoms with Gasteiger partial charge in [0.15, 0.2) is 0 Å². The van der Waals surface area contributed by atoms with E-state index in [1.54, 1.807) is 25.3 Å². The van der Waals surface area contributed by atoms with Crippen LogP contribution in [0.2, 0.25) is 0 Å². The molecule has 0 radical (unpaired) electrons. The number of morpholine rings is 1. The van der Waals surface area contributed by atoms with Crippen molar-refractivity contribution < 1.29 is 19.4 Å². The standard InChI is InChI=1S/C23H24N2O4/c1-28-21-9-5-4-8-20(21)24-23(27)18-14-16-6-2-3-7-17(16)19(22(18)26)15-25-10-12-29-13-11-25/h2-9,14,26H,10-13,15H2,1H3,(H,24,27). The van der Waals surface area contributed by atoms with Crippen molar-refractivity contribution in [2.75, 3.05) is 38.7 Å². The fourth-order valence-electron chi connectivity index (χ4n) is 3.67. The average molecular weight is 392 g/mol. The predicted octanol–water partition coefficient (Wildman–Crippen LogP) is 3.64. The number of carbonyl (C=O) groups excluding carboxylic acids is 1. The molecular weight excluding hydrogens is 368 g/mol. The molecule has 0 aromatic heterocycles. The smallest absolute Gasteiger partial charge is 0.259 e. The molecule has 4 rings (SSSR count). The number of nitrogens with zero attached hydrogens (tertiary/aromatic N) is 1. The molecule has 2 N–H and O–H groups in total. The minimum atomic E-state index is -0.374. The Morgan fingerprint density at radius 1 is 1.14 bits per heavy atom. The van der Waals surface area contributed by atoms with Crippen LogP contribution in [0.5, 0.6) is 11.5 Å². The average Bonchev–Trinajstić information content (AvgIpc) is 2.76. The van der Waals surface area contributed by atoms with E-state index in [0.29, 0.717) is 31.2 Å². The Morgan fingerprint density at radius 3 is 2.66 bits per heavy atom. The number of phenols is 1. The van der Waals surface area contributed by atoms with Crippen molar-refractivity contribution >= 4 is 22.4 Å². The molecule has 1 amide bonds. The monoisotopic (exact) mass is 392 g/mol. The fourth-order valence-corrected chi connectivity index (χ4v) is 3.67. The molecule has 1 saturated heterocycles. The maximum absolute atomic E-state index is 13.0. The van der Waals surface area contributed by atoms with Crippen molar-refractivity contribution in [3.63, 3.8) is 0 Å². The topological polar surface area (TPSA) is 71.0 Å². The number of aromatic hydroxyl groups is 1. The molecular formula is C23H24N2O4. The number of hydrogen-bond acceptors (Lipinski definition) is 5. The minimum absolute atomic E-state index is 0.0163. The first-order valence-electron chi connectivity index (χ1n) is 9.65. The number of carbonyl (C=O) groups is 1. The van der Waals surface area contributed by atoms with Gasteiger partial charge < -0.3 is 19.9 Å². The van der Waals surface area contributed by atoms with E-state index in [1.807, 2.05) is 36.4 Å². The molecule has 29 heavy (non-hydrogen) atoms. The Kier molecular flexibility index (Phi) is 5.64. The Balaban J connectivity index is 1.72. The molecule has 0 bridgehead atoms. The van der Waals surface area contributed by atoms with Crippen LogP contribution in [0.4, 0.5) is 5.69 Å². The van der Waals surface area contributed by atoms with Gasteiger partial charge in [0.05, 0.1) is 31.6 Å². The molecule has 0 spiro atoms. The first kappa shape index (κ1) is 19.2. The molecule has 150 valence electrons. The maximum Gasteiger partial charge on any atom is 0.259 e. The molecule has 1 heterocycles. The van der Waals surface area contributed by atoms with Crippen LogP contribution < -0.4 is 10.1 Å². The number of methoxy groups -OCH3 is 1. The van der Waals surface area contributed by atoms with Crippen LogP contribution in [0.15, 0.2) is 54.6 Å². The van der Waals surface area contributed by atoms with Gasteiger partial charge in [0, 0.05) is 25.2 Å². The number of nitrogens with one attached hydrogen (secondary N) is 1. The summed E-state index contributed by atoms with van der Waals surface area (Å²) in [6.45, 7) is 3.50. The number of hydrogen-bond donors (Lipinski definition) is 2. The van der Waals surface area contributed by atoms with Gasteiger partial charge in [-0.3, -0.25) is 9.69 Å². The maximum atomic E-state index is 13.0. The molecule has 0 unspecified atom stereocenters. The van der Waals surface area contributed by atoms with Gasteiger partial charge in [-0.15, -0.1) is 0 Å². The normalized spacial score (nSPS) is 14.7. The van der Waals surface area contributed by atoms with E-state index < -0.39 is 0 Å². The highest BCUT2D eigenvalue weighted by atomic mass is 16.5. The van der Waals surface area contributed by atoms with Gasteiger partial charge in [-0.05, 0) is 29.0 Å². The Labute approximate surface area is 169 Å². The summed E-state index contributed by atoms with van der Waals surface area (Å²) in [4.78, 5) is 15.3. The van der Waals surface area contributed by atoms with Crippen molar-refractivity contribution in [2.45, 2.75) is 6.54 Å².